The van der Waals surface area contributed by atoms with Crippen molar-refractivity contribution in [3.05, 3.63) is 82.3 Å². The van der Waals surface area contributed by atoms with E-state index in [1.165, 1.54) is 37.4 Å². The van der Waals surface area contributed by atoms with Gasteiger partial charge in [-0.05, 0) is 64.3 Å². The van der Waals surface area contributed by atoms with E-state index in [1.807, 2.05) is 30.3 Å². The van der Waals surface area contributed by atoms with Crippen LogP contribution in [-0.2, 0) is 26.0 Å². The zero-order valence-electron chi connectivity index (χ0n) is 20.4. The maximum atomic E-state index is 13.5. The molecule has 2 amide bonds. The number of carbonyl (C=O) groups excluding carboxylic acids is 2. The van der Waals surface area contributed by atoms with E-state index in [9.17, 15) is 18.0 Å². The first-order valence-electron chi connectivity index (χ1n) is 11.5. The van der Waals surface area contributed by atoms with E-state index in [2.05, 4.69) is 31.8 Å². The molecule has 0 fully saturated rings. The van der Waals surface area contributed by atoms with Gasteiger partial charge in [-0.25, -0.2) is 13.8 Å². The zero-order valence-corrected chi connectivity index (χ0v) is 22.8. The second kappa shape index (κ2) is 12.2. The van der Waals surface area contributed by atoms with Crippen molar-refractivity contribution in [2.24, 2.45) is 5.10 Å². The number of hydrogen-bond donors (Lipinski definition) is 2. The number of halogens is 1. The van der Waals surface area contributed by atoms with Crippen molar-refractivity contribution in [3.8, 4) is 11.5 Å². The first-order valence-corrected chi connectivity index (χ1v) is 13.8. The molecule has 3 aromatic carbocycles. The van der Waals surface area contributed by atoms with Gasteiger partial charge in [0.15, 0.2) is 11.5 Å². The summed E-state index contributed by atoms with van der Waals surface area (Å²) in [5.74, 6) is 0.283. The van der Waals surface area contributed by atoms with Crippen LogP contribution in [0.4, 0.5) is 5.69 Å². The van der Waals surface area contributed by atoms with E-state index in [4.69, 9.17) is 9.47 Å². The highest BCUT2D eigenvalue weighted by Crippen LogP contribution is 2.36. The number of fused-ring (bicyclic) bond motifs is 1. The lowest BCUT2D eigenvalue weighted by atomic mass is 10.1. The van der Waals surface area contributed by atoms with Crippen molar-refractivity contribution in [3.63, 3.8) is 0 Å². The summed E-state index contributed by atoms with van der Waals surface area (Å²) in [5.41, 5.74) is 4.43. The van der Waals surface area contributed by atoms with Crippen LogP contribution in [0.3, 0.4) is 0 Å². The van der Waals surface area contributed by atoms with Crippen LogP contribution in [0.2, 0.25) is 0 Å². The van der Waals surface area contributed by atoms with Gasteiger partial charge in [0.2, 0.25) is 22.7 Å². The van der Waals surface area contributed by atoms with Gasteiger partial charge in [0.1, 0.15) is 0 Å². The molecule has 1 heterocycles. The minimum atomic E-state index is -4.03. The molecular weight excluding hydrogens is 576 g/mol. The van der Waals surface area contributed by atoms with Crippen molar-refractivity contribution in [1.29, 1.82) is 0 Å². The number of rotatable bonds is 10. The van der Waals surface area contributed by atoms with Crippen LogP contribution in [0, 0.1) is 0 Å². The number of amides is 2. The van der Waals surface area contributed by atoms with Crippen LogP contribution in [0.25, 0.3) is 0 Å². The first kappa shape index (κ1) is 27.3. The molecule has 0 bridgehead atoms. The molecule has 1 aliphatic heterocycles. The predicted octanol–water partition coefficient (Wildman–Crippen LogP) is 3.52. The molecule has 3 aromatic rings. The van der Waals surface area contributed by atoms with Crippen LogP contribution in [0.5, 0.6) is 11.5 Å². The number of benzene rings is 3. The van der Waals surface area contributed by atoms with Crippen LogP contribution < -0.4 is 20.2 Å². The lowest BCUT2D eigenvalue weighted by molar-refractivity contribution is -0.121. The molecule has 198 valence electrons. The number of anilines is 1. The van der Waals surface area contributed by atoms with E-state index < -0.39 is 22.5 Å². The highest BCUT2D eigenvalue weighted by Gasteiger charge is 2.26. The van der Waals surface area contributed by atoms with E-state index in [1.54, 1.807) is 12.1 Å². The summed E-state index contributed by atoms with van der Waals surface area (Å²) in [5, 5.41) is 6.58. The normalized spacial score (nSPS) is 12.6. The average molecular weight is 601 g/mol. The number of ether oxygens (including phenoxy) is 2. The summed E-state index contributed by atoms with van der Waals surface area (Å²) < 4.78 is 39.4. The molecule has 0 radical (unpaired) electrons. The number of nitrogens with zero attached hydrogens (tertiary/aromatic N) is 2. The Morgan fingerprint density at radius 2 is 1.74 bits per heavy atom. The molecule has 0 spiro atoms. The Bertz CT molecular complexity index is 1450. The Morgan fingerprint density at radius 3 is 2.42 bits per heavy atom. The van der Waals surface area contributed by atoms with E-state index in [0.29, 0.717) is 33.6 Å². The molecule has 0 aromatic heterocycles. The lowest BCUT2D eigenvalue weighted by Gasteiger charge is -2.21. The third-order valence-electron chi connectivity index (χ3n) is 5.51. The standard InChI is InChI=1S/C26H25BrN4O6S/c1-18(32)29-21-7-9-22(10-8-21)38(34,35)31(12-11-19-5-3-2-4-6-19)16-26(33)30-28-15-20-13-24-25(14-23(20)27)37-17-36-24/h2-10,13-15H,11-12,16-17H2,1H3,(H,29,32)(H,30,33). The van der Waals surface area contributed by atoms with Gasteiger partial charge in [0.05, 0.1) is 17.7 Å². The van der Waals surface area contributed by atoms with Gasteiger partial charge in [-0.1, -0.05) is 30.3 Å². The summed E-state index contributed by atoms with van der Waals surface area (Å²) in [7, 11) is -4.03. The van der Waals surface area contributed by atoms with Gasteiger partial charge >= 0.3 is 0 Å². The molecule has 12 heteroatoms. The fourth-order valence-electron chi connectivity index (χ4n) is 3.65. The second-order valence-electron chi connectivity index (χ2n) is 8.30. The molecule has 4 rings (SSSR count). The Labute approximate surface area is 228 Å². The van der Waals surface area contributed by atoms with E-state index >= 15 is 0 Å². The molecule has 0 saturated heterocycles. The maximum absolute atomic E-state index is 13.5. The summed E-state index contributed by atoms with van der Waals surface area (Å²) >= 11 is 3.42. The Kier molecular flexibility index (Phi) is 8.77. The van der Waals surface area contributed by atoms with E-state index in [0.717, 1.165) is 9.87 Å². The molecule has 10 nitrogen and oxygen atoms in total. The van der Waals surface area contributed by atoms with Gasteiger partial charge < -0.3 is 14.8 Å². The van der Waals surface area contributed by atoms with Crippen molar-refractivity contribution < 1.29 is 27.5 Å². The van der Waals surface area contributed by atoms with Gasteiger partial charge in [0.25, 0.3) is 5.91 Å². The van der Waals surface area contributed by atoms with E-state index in [-0.39, 0.29) is 24.1 Å². The Morgan fingerprint density at radius 1 is 1.05 bits per heavy atom. The smallest absolute Gasteiger partial charge is 0.255 e. The third-order valence-corrected chi connectivity index (χ3v) is 8.06. The number of hydrogen-bond acceptors (Lipinski definition) is 7. The van der Waals surface area contributed by atoms with Crippen molar-refractivity contribution in [2.45, 2.75) is 18.2 Å². The molecule has 0 unspecified atom stereocenters. The summed E-state index contributed by atoms with van der Waals surface area (Å²) in [6.07, 6.45) is 1.83. The molecule has 2 N–H and O–H groups in total. The van der Waals surface area contributed by atoms with Gasteiger partial charge in [0, 0.05) is 29.2 Å². The maximum Gasteiger partial charge on any atom is 0.255 e. The van der Waals surface area contributed by atoms with Crippen LogP contribution in [0.15, 0.2) is 81.2 Å². The number of sulfonamides is 1. The van der Waals surface area contributed by atoms with Crippen molar-refractivity contribution in [2.75, 3.05) is 25.2 Å². The SMILES string of the molecule is CC(=O)Nc1ccc(S(=O)(=O)N(CCc2ccccc2)CC(=O)NN=Cc2cc3c(cc2Br)OCO3)cc1. The summed E-state index contributed by atoms with van der Waals surface area (Å²) in [6, 6.07) is 18.6. The van der Waals surface area contributed by atoms with Gasteiger partial charge in [-0.2, -0.15) is 9.41 Å². The fourth-order valence-corrected chi connectivity index (χ4v) is 5.47. The molecule has 1 aliphatic rings. The van der Waals surface area contributed by atoms with Gasteiger partial charge in [-0.15, -0.1) is 0 Å². The van der Waals surface area contributed by atoms with Crippen molar-refractivity contribution in [1.82, 2.24) is 9.73 Å². The highest BCUT2D eigenvalue weighted by atomic mass is 79.9. The summed E-state index contributed by atoms with van der Waals surface area (Å²) in [6.45, 7) is 1.12. The predicted molar refractivity (Wildman–Crippen MR) is 146 cm³/mol. The molecule has 0 saturated carbocycles. The fraction of sp³-hybridized carbons (Fsp3) is 0.192. The molecule has 0 atom stereocenters. The average Bonchev–Trinajstić information content (AvgIpc) is 3.34. The summed E-state index contributed by atoms with van der Waals surface area (Å²) in [4.78, 5) is 24.0. The molecule has 38 heavy (non-hydrogen) atoms. The lowest BCUT2D eigenvalue weighted by Crippen LogP contribution is -2.40. The topological polar surface area (TPSA) is 126 Å². The number of carbonyl (C=O) groups is 2. The monoisotopic (exact) mass is 600 g/mol. The minimum Gasteiger partial charge on any atom is -0.454 e. The number of hydrazone groups is 1. The minimum absolute atomic E-state index is 0.000237. The largest absolute Gasteiger partial charge is 0.454 e. The molecule has 0 aliphatic carbocycles. The van der Waals surface area contributed by atoms with Crippen LogP contribution in [0.1, 0.15) is 18.1 Å². The van der Waals surface area contributed by atoms with Gasteiger partial charge in [-0.3, -0.25) is 9.59 Å². The van der Waals surface area contributed by atoms with Crippen molar-refractivity contribution >= 4 is 49.7 Å². The first-order chi connectivity index (χ1) is 18.2. The number of nitrogens with one attached hydrogen (secondary N) is 2. The van der Waals surface area contributed by atoms with Crippen LogP contribution in [-0.4, -0.2) is 50.6 Å². The Balaban J connectivity index is 1.48. The quantitative estimate of drug-likeness (QED) is 0.271. The highest BCUT2D eigenvalue weighted by molar-refractivity contribution is 9.10. The third kappa shape index (κ3) is 6.97. The Hall–Kier alpha value is -3.74. The van der Waals surface area contributed by atoms with Crippen LogP contribution >= 0.6 is 15.9 Å². The molecular formula is C26H25BrN4O6S. The second-order valence-corrected chi connectivity index (χ2v) is 11.1. The zero-order chi connectivity index (χ0) is 27.1.